The Morgan fingerprint density at radius 3 is 2.89 bits per heavy atom. The van der Waals surface area contributed by atoms with Gasteiger partial charge in [0.2, 0.25) is 10.0 Å². The standard InChI is InChI=1S/C14H22N2O2S/c1-2-3-4-5-9-16-19(17,18)13-6-7-14-12(11-13)8-10-15-14/h6-7,11,15-16H,2-5,8-10H2,1H3. The minimum absolute atomic E-state index is 0.380. The zero-order valence-electron chi connectivity index (χ0n) is 11.4. The molecular formula is C14H22N2O2S. The lowest BCUT2D eigenvalue weighted by atomic mass is 10.2. The van der Waals surface area contributed by atoms with Crippen LogP contribution in [0.15, 0.2) is 23.1 Å². The number of hydrogen-bond acceptors (Lipinski definition) is 3. The van der Waals surface area contributed by atoms with E-state index in [9.17, 15) is 8.42 Å². The van der Waals surface area contributed by atoms with Crippen molar-refractivity contribution in [1.29, 1.82) is 0 Å². The highest BCUT2D eigenvalue weighted by Crippen LogP contribution is 2.24. The second-order valence-electron chi connectivity index (χ2n) is 4.95. The van der Waals surface area contributed by atoms with E-state index >= 15 is 0 Å². The van der Waals surface area contributed by atoms with Gasteiger partial charge in [0, 0.05) is 18.8 Å². The van der Waals surface area contributed by atoms with Crippen LogP contribution in [0.1, 0.15) is 38.2 Å². The summed E-state index contributed by atoms with van der Waals surface area (Å²) >= 11 is 0. The maximum Gasteiger partial charge on any atom is 0.240 e. The van der Waals surface area contributed by atoms with Gasteiger partial charge in [0.25, 0.3) is 0 Å². The van der Waals surface area contributed by atoms with Crippen molar-refractivity contribution < 1.29 is 8.42 Å². The molecule has 0 spiro atoms. The van der Waals surface area contributed by atoms with Crippen LogP contribution in [0.5, 0.6) is 0 Å². The van der Waals surface area contributed by atoms with E-state index in [1.54, 1.807) is 12.1 Å². The van der Waals surface area contributed by atoms with Gasteiger partial charge in [-0.2, -0.15) is 0 Å². The van der Waals surface area contributed by atoms with Crippen molar-refractivity contribution in [2.75, 3.05) is 18.4 Å². The van der Waals surface area contributed by atoms with E-state index < -0.39 is 10.0 Å². The molecule has 0 atom stereocenters. The first kappa shape index (κ1) is 14.3. The lowest BCUT2D eigenvalue weighted by Crippen LogP contribution is -2.24. The van der Waals surface area contributed by atoms with Crippen molar-refractivity contribution in [2.24, 2.45) is 0 Å². The molecule has 0 saturated carbocycles. The molecule has 0 aliphatic carbocycles. The predicted molar refractivity (Wildman–Crippen MR) is 78.0 cm³/mol. The zero-order chi connectivity index (χ0) is 13.7. The summed E-state index contributed by atoms with van der Waals surface area (Å²) in [6.45, 7) is 3.56. The maximum absolute atomic E-state index is 12.1. The van der Waals surface area contributed by atoms with Gasteiger partial charge in [-0.1, -0.05) is 26.2 Å². The van der Waals surface area contributed by atoms with E-state index in [1.165, 1.54) is 0 Å². The van der Waals surface area contributed by atoms with E-state index in [1.807, 2.05) is 6.07 Å². The van der Waals surface area contributed by atoms with Gasteiger partial charge in [-0.25, -0.2) is 13.1 Å². The Kier molecular flexibility index (Phi) is 4.82. The molecule has 1 aliphatic rings. The SMILES string of the molecule is CCCCCCNS(=O)(=O)c1ccc2c(c1)CCN2. The molecule has 4 nitrogen and oxygen atoms in total. The van der Waals surface area contributed by atoms with Crippen molar-refractivity contribution >= 4 is 15.7 Å². The Morgan fingerprint density at radius 2 is 2.11 bits per heavy atom. The van der Waals surface area contributed by atoms with Crippen LogP contribution >= 0.6 is 0 Å². The van der Waals surface area contributed by atoms with E-state index in [-0.39, 0.29) is 0 Å². The highest BCUT2D eigenvalue weighted by Gasteiger charge is 2.17. The summed E-state index contributed by atoms with van der Waals surface area (Å²) in [6.07, 6.45) is 5.19. The first-order chi connectivity index (χ1) is 9.13. The minimum Gasteiger partial charge on any atom is -0.384 e. The predicted octanol–water partition coefficient (Wildman–Crippen LogP) is 2.51. The van der Waals surface area contributed by atoms with Crippen LogP contribution < -0.4 is 10.0 Å². The molecule has 2 N–H and O–H groups in total. The number of rotatable bonds is 7. The number of hydrogen-bond donors (Lipinski definition) is 2. The molecule has 1 heterocycles. The maximum atomic E-state index is 12.1. The molecule has 0 aromatic heterocycles. The summed E-state index contributed by atoms with van der Waals surface area (Å²) in [4.78, 5) is 0.380. The zero-order valence-corrected chi connectivity index (χ0v) is 12.2. The number of benzene rings is 1. The van der Waals surface area contributed by atoms with Gasteiger partial charge < -0.3 is 5.32 Å². The fourth-order valence-corrected chi connectivity index (χ4v) is 3.41. The average Bonchev–Trinajstić information content (AvgIpc) is 2.85. The molecule has 5 heteroatoms. The smallest absolute Gasteiger partial charge is 0.240 e. The lowest BCUT2D eigenvalue weighted by Gasteiger charge is -2.08. The fraction of sp³-hybridized carbons (Fsp3) is 0.571. The van der Waals surface area contributed by atoms with Crippen molar-refractivity contribution in [3.63, 3.8) is 0 Å². The Hall–Kier alpha value is -1.07. The van der Waals surface area contributed by atoms with Crippen LogP contribution in [0.2, 0.25) is 0 Å². The highest BCUT2D eigenvalue weighted by atomic mass is 32.2. The monoisotopic (exact) mass is 282 g/mol. The Labute approximate surface area is 115 Å². The van der Waals surface area contributed by atoms with Crippen LogP contribution in [0.4, 0.5) is 5.69 Å². The van der Waals surface area contributed by atoms with E-state index in [4.69, 9.17) is 0 Å². The van der Waals surface area contributed by atoms with Gasteiger partial charge in [0.1, 0.15) is 0 Å². The molecule has 0 fully saturated rings. The summed E-state index contributed by atoms with van der Waals surface area (Å²) in [6, 6.07) is 5.31. The third-order valence-corrected chi connectivity index (χ3v) is 4.88. The van der Waals surface area contributed by atoms with Crippen LogP contribution in [0.3, 0.4) is 0 Å². The van der Waals surface area contributed by atoms with Gasteiger partial charge in [0.15, 0.2) is 0 Å². The first-order valence-corrected chi connectivity index (χ1v) is 8.48. The molecule has 1 aromatic rings. The summed E-state index contributed by atoms with van der Waals surface area (Å²) in [7, 11) is -3.35. The van der Waals surface area contributed by atoms with Crippen molar-refractivity contribution in [3.05, 3.63) is 23.8 Å². The van der Waals surface area contributed by atoms with Gasteiger partial charge in [-0.05, 0) is 36.6 Å². The fourth-order valence-electron chi connectivity index (χ4n) is 2.29. The van der Waals surface area contributed by atoms with Crippen LogP contribution in [-0.2, 0) is 16.4 Å². The first-order valence-electron chi connectivity index (χ1n) is 7.00. The van der Waals surface area contributed by atoms with Gasteiger partial charge in [-0.3, -0.25) is 0 Å². The van der Waals surface area contributed by atoms with Crippen molar-refractivity contribution in [1.82, 2.24) is 4.72 Å². The second kappa shape index (κ2) is 6.39. The van der Waals surface area contributed by atoms with Crippen molar-refractivity contribution in [3.8, 4) is 0 Å². The van der Waals surface area contributed by atoms with E-state index in [2.05, 4.69) is 17.0 Å². The third kappa shape index (κ3) is 3.70. The summed E-state index contributed by atoms with van der Waals surface area (Å²) < 4.78 is 26.9. The molecule has 106 valence electrons. The van der Waals surface area contributed by atoms with Crippen LogP contribution in [0, 0.1) is 0 Å². The van der Waals surface area contributed by atoms with Crippen molar-refractivity contribution in [2.45, 2.75) is 43.9 Å². The lowest BCUT2D eigenvalue weighted by molar-refractivity contribution is 0.573. The Morgan fingerprint density at radius 1 is 1.26 bits per heavy atom. The molecule has 0 saturated heterocycles. The number of anilines is 1. The molecule has 2 rings (SSSR count). The largest absolute Gasteiger partial charge is 0.384 e. The summed E-state index contributed by atoms with van der Waals surface area (Å²) in [5.74, 6) is 0. The molecule has 0 bridgehead atoms. The quantitative estimate of drug-likeness (QED) is 0.756. The number of fused-ring (bicyclic) bond motifs is 1. The molecule has 0 radical (unpaired) electrons. The molecule has 1 aliphatic heterocycles. The van der Waals surface area contributed by atoms with E-state index in [0.29, 0.717) is 11.4 Å². The number of unbranched alkanes of at least 4 members (excludes halogenated alkanes) is 3. The van der Waals surface area contributed by atoms with Crippen LogP contribution in [-0.4, -0.2) is 21.5 Å². The molecule has 19 heavy (non-hydrogen) atoms. The third-order valence-electron chi connectivity index (χ3n) is 3.42. The average molecular weight is 282 g/mol. The highest BCUT2D eigenvalue weighted by molar-refractivity contribution is 7.89. The van der Waals surface area contributed by atoms with Gasteiger partial charge >= 0.3 is 0 Å². The molecule has 0 amide bonds. The Balaban J connectivity index is 1.95. The summed E-state index contributed by atoms with van der Waals surface area (Å²) in [5, 5.41) is 3.23. The summed E-state index contributed by atoms with van der Waals surface area (Å²) in [5.41, 5.74) is 2.15. The van der Waals surface area contributed by atoms with Crippen LogP contribution in [0.25, 0.3) is 0 Å². The second-order valence-corrected chi connectivity index (χ2v) is 6.72. The topological polar surface area (TPSA) is 58.2 Å². The molecular weight excluding hydrogens is 260 g/mol. The minimum atomic E-state index is -3.35. The molecule has 0 unspecified atom stereocenters. The molecule has 1 aromatic carbocycles. The van der Waals surface area contributed by atoms with Gasteiger partial charge in [-0.15, -0.1) is 0 Å². The Bertz CT molecular complexity index is 526. The number of sulfonamides is 1. The normalized spacial score (nSPS) is 14.2. The van der Waals surface area contributed by atoms with Gasteiger partial charge in [0.05, 0.1) is 4.90 Å². The number of nitrogens with one attached hydrogen (secondary N) is 2. The van der Waals surface area contributed by atoms with E-state index in [0.717, 1.165) is 49.9 Å².